The van der Waals surface area contributed by atoms with E-state index in [2.05, 4.69) is 16.0 Å². The highest BCUT2D eigenvalue weighted by Crippen LogP contribution is 2.41. The summed E-state index contributed by atoms with van der Waals surface area (Å²) in [6.45, 7) is 2.73. The topological polar surface area (TPSA) is 160 Å². The fraction of sp³-hybridized carbons (Fsp3) is 0.422. The van der Waals surface area contributed by atoms with Crippen LogP contribution in [0.5, 0.6) is 5.75 Å². The molecule has 4 unspecified atom stereocenters. The van der Waals surface area contributed by atoms with Gasteiger partial charge >= 0.3 is 18.2 Å². The summed E-state index contributed by atoms with van der Waals surface area (Å²) >= 11 is 0. The summed E-state index contributed by atoms with van der Waals surface area (Å²) in [7, 11) is 0. The van der Waals surface area contributed by atoms with Crippen LogP contribution in [0.2, 0.25) is 0 Å². The van der Waals surface area contributed by atoms with Crippen LogP contribution in [-0.2, 0) is 46.2 Å². The first kappa shape index (κ1) is 42.0. The van der Waals surface area contributed by atoms with Gasteiger partial charge in [0.25, 0.3) is 0 Å². The second-order valence-electron chi connectivity index (χ2n) is 14.5. The second-order valence-corrected chi connectivity index (χ2v) is 14.5. The minimum Gasteiger partial charge on any atom is -0.492 e. The van der Waals surface area contributed by atoms with Crippen LogP contribution in [-0.4, -0.2) is 80.6 Å². The molecule has 6 rings (SSSR count). The summed E-state index contributed by atoms with van der Waals surface area (Å²) in [6, 6.07) is 31.8. The van der Waals surface area contributed by atoms with Gasteiger partial charge in [0.05, 0.1) is 25.4 Å². The summed E-state index contributed by atoms with van der Waals surface area (Å²) in [4.78, 5) is 52.0. The largest absolute Gasteiger partial charge is 0.492 e. The molecule has 4 aromatic rings. The van der Waals surface area contributed by atoms with Gasteiger partial charge in [0.2, 0.25) is 5.91 Å². The minimum absolute atomic E-state index is 0.00272. The van der Waals surface area contributed by atoms with E-state index < -0.39 is 48.3 Å². The Morgan fingerprint density at radius 1 is 0.828 bits per heavy atom. The van der Waals surface area contributed by atoms with Gasteiger partial charge in [-0.3, -0.25) is 4.79 Å². The fourth-order valence-electron chi connectivity index (χ4n) is 7.47. The Labute approximate surface area is 339 Å². The zero-order valence-corrected chi connectivity index (χ0v) is 32.9. The fourth-order valence-corrected chi connectivity index (χ4v) is 7.47. The molecule has 58 heavy (non-hydrogen) atoms. The highest BCUT2D eigenvalue weighted by molar-refractivity contribution is 5.86. The van der Waals surface area contributed by atoms with Crippen LogP contribution >= 0.6 is 0 Å². The predicted molar refractivity (Wildman–Crippen MR) is 216 cm³/mol. The normalized spacial score (nSPS) is 20.7. The average molecular weight is 796 g/mol. The molecule has 0 radical (unpaired) electrons. The molecule has 5 atom stereocenters. The number of amides is 3. The van der Waals surface area contributed by atoms with E-state index in [1.54, 1.807) is 6.92 Å². The van der Waals surface area contributed by atoms with Crippen LogP contribution in [0, 0.1) is 0 Å². The van der Waals surface area contributed by atoms with Crippen LogP contribution < -0.4 is 20.7 Å². The first-order valence-electron chi connectivity index (χ1n) is 20.1. The number of benzene rings is 4. The lowest BCUT2D eigenvalue weighted by Crippen LogP contribution is -2.54. The van der Waals surface area contributed by atoms with Crippen molar-refractivity contribution < 1.29 is 47.6 Å². The molecule has 13 heteroatoms. The molecule has 2 aliphatic heterocycles. The molecule has 3 amide bonds. The summed E-state index contributed by atoms with van der Waals surface area (Å²) in [5, 5.41) is 10.6. The highest BCUT2D eigenvalue weighted by Gasteiger charge is 2.47. The molecular formula is C45H53N3O10. The van der Waals surface area contributed by atoms with Gasteiger partial charge in [-0.05, 0) is 60.2 Å². The molecule has 0 bridgehead atoms. The van der Waals surface area contributed by atoms with E-state index in [0.717, 1.165) is 21.9 Å². The number of fused-ring (bicyclic) bond motifs is 1. The molecule has 2 fully saturated rings. The smallest absolute Gasteiger partial charge is 0.407 e. The van der Waals surface area contributed by atoms with Crippen LogP contribution in [0.25, 0.3) is 10.8 Å². The molecule has 2 saturated heterocycles. The second kappa shape index (κ2) is 21.2. The van der Waals surface area contributed by atoms with Gasteiger partial charge in [0.15, 0.2) is 5.79 Å². The minimum atomic E-state index is -1.13. The highest BCUT2D eigenvalue weighted by atomic mass is 16.7. The van der Waals surface area contributed by atoms with Crippen molar-refractivity contribution in [3.05, 3.63) is 114 Å². The number of para-hydroxylation sites is 1. The number of nitrogens with one attached hydrogen (secondary N) is 3. The summed E-state index contributed by atoms with van der Waals surface area (Å²) in [5.41, 5.74) is 1.85. The van der Waals surface area contributed by atoms with Gasteiger partial charge in [-0.25, -0.2) is 14.4 Å². The molecule has 4 aromatic carbocycles. The maximum atomic E-state index is 13.3. The number of hydrogen-bond acceptors (Lipinski definition) is 10. The van der Waals surface area contributed by atoms with Gasteiger partial charge in [-0.2, -0.15) is 0 Å². The molecular weight excluding hydrogens is 743 g/mol. The predicted octanol–water partition coefficient (Wildman–Crippen LogP) is 6.76. The van der Waals surface area contributed by atoms with Gasteiger partial charge in [0, 0.05) is 38.6 Å². The average Bonchev–Trinajstić information content (AvgIpc) is 3.23. The summed E-state index contributed by atoms with van der Waals surface area (Å²) in [6.07, 6.45) is 0.347. The van der Waals surface area contributed by atoms with Crippen LogP contribution in [0.4, 0.5) is 9.59 Å². The van der Waals surface area contributed by atoms with E-state index in [1.807, 2.05) is 103 Å². The van der Waals surface area contributed by atoms with Gasteiger partial charge in [-0.15, -0.1) is 0 Å². The van der Waals surface area contributed by atoms with Gasteiger partial charge in [0.1, 0.15) is 31.1 Å². The molecule has 3 N–H and O–H groups in total. The Hall–Kier alpha value is -5.66. The van der Waals surface area contributed by atoms with Crippen molar-refractivity contribution in [2.45, 2.75) is 95.0 Å². The lowest BCUT2D eigenvalue weighted by atomic mass is 9.90. The summed E-state index contributed by atoms with van der Waals surface area (Å²) in [5.74, 6) is -1.27. The maximum absolute atomic E-state index is 13.3. The van der Waals surface area contributed by atoms with E-state index in [9.17, 15) is 19.2 Å². The Morgan fingerprint density at radius 2 is 1.57 bits per heavy atom. The van der Waals surface area contributed by atoms with Crippen LogP contribution in [0.3, 0.4) is 0 Å². The van der Waals surface area contributed by atoms with E-state index in [0.29, 0.717) is 31.4 Å². The number of carbonyl (C=O) groups excluding carboxylic acids is 4. The van der Waals surface area contributed by atoms with Crippen LogP contribution in [0.15, 0.2) is 103 Å². The number of ether oxygens (including phenoxy) is 6. The zero-order chi connectivity index (χ0) is 40.6. The molecule has 0 aromatic heterocycles. The van der Waals surface area contributed by atoms with Crippen molar-refractivity contribution in [2.75, 3.05) is 26.4 Å². The van der Waals surface area contributed by atoms with E-state index in [4.69, 9.17) is 28.4 Å². The van der Waals surface area contributed by atoms with Gasteiger partial charge in [-0.1, -0.05) is 91.0 Å². The zero-order valence-electron chi connectivity index (χ0n) is 32.9. The molecule has 0 saturated carbocycles. The number of carbonyl (C=O) groups is 4. The van der Waals surface area contributed by atoms with Crippen molar-refractivity contribution in [2.24, 2.45) is 0 Å². The third-order valence-electron chi connectivity index (χ3n) is 10.2. The maximum Gasteiger partial charge on any atom is 0.407 e. The van der Waals surface area contributed by atoms with Crippen molar-refractivity contribution in [3.63, 3.8) is 0 Å². The lowest BCUT2D eigenvalue weighted by molar-refractivity contribution is -0.329. The third kappa shape index (κ3) is 12.7. The first-order valence-corrected chi connectivity index (χ1v) is 20.1. The van der Waals surface area contributed by atoms with E-state index in [1.165, 1.54) is 0 Å². The van der Waals surface area contributed by atoms with Crippen molar-refractivity contribution in [3.8, 4) is 5.75 Å². The quantitative estimate of drug-likeness (QED) is 0.0593. The number of hydrogen-bond donors (Lipinski definition) is 3. The number of rotatable bonds is 17. The molecule has 0 aliphatic carbocycles. The van der Waals surface area contributed by atoms with E-state index in [-0.39, 0.29) is 64.5 Å². The van der Waals surface area contributed by atoms with E-state index >= 15 is 0 Å². The lowest BCUT2D eigenvalue weighted by Gasteiger charge is -2.47. The van der Waals surface area contributed by atoms with Crippen molar-refractivity contribution >= 4 is 34.8 Å². The third-order valence-corrected chi connectivity index (χ3v) is 10.2. The molecule has 1 spiro atoms. The molecule has 308 valence electrons. The van der Waals surface area contributed by atoms with Crippen molar-refractivity contribution in [1.29, 1.82) is 0 Å². The SMILES string of the molecule is CCOC(=O)[C@H](Cc1ccccc1)NC(=O)CCC1CC(OC(=O)NCc2cccc3ccccc23)CC2(CCCC(COC(=O)NCCOc3ccccc3)O2)O1. The number of alkyl carbamates (subject to hydrolysis) is 2. The van der Waals surface area contributed by atoms with Crippen molar-refractivity contribution in [1.82, 2.24) is 16.0 Å². The standard InChI is InChI=1S/C45H53N3O10/c1-2-53-42(50)40(27-32-13-5-3-6-14-32)48-41(49)23-22-36-28-38(56-44(52)47-30-34-17-11-16-33-15-9-10-21-39(33)34)29-45(57-36)24-12-20-37(58-45)31-55-43(51)46-25-26-54-35-18-7-4-8-19-35/h3-11,13-19,21,36-38,40H,2,12,20,22-31H2,1H3,(H,46,51)(H,47,52)(H,48,49)/t36?,37?,38?,40-,45?/m0/s1. The Kier molecular flexibility index (Phi) is 15.3. The molecule has 2 heterocycles. The van der Waals surface area contributed by atoms with Crippen LogP contribution in [0.1, 0.15) is 63.0 Å². The molecule has 13 nitrogen and oxygen atoms in total. The van der Waals surface area contributed by atoms with Gasteiger partial charge < -0.3 is 44.4 Å². The first-order chi connectivity index (χ1) is 28.3. The number of esters is 1. The Balaban J connectivity index is 1.06. The Morgan fingerprint density at radius 3 is 2.38 bits per heavy atom. The Bertz CT molecular complexity index is 1940. The summed E-state index contributed by atoms with van der Waals surface area (Å²) < 4.78 is 35.6. The monoisotopic (exact) mass is 795 g/mol. The molecule has 2 aliphatic rings.